The Hall–Kier alpha value is -1.95. The van der Waals surface area contributed by atoms with Crippen LogP contribution in [0.15, 0.2) is 36.2 Å². The summed E-state index contributed by atoms with van der Waals surface area (Å²) in [6.45, 7) is 2.71. The van der Waals surface area contributed by atoms with Crippen molar-refractivity contribution in [3.05, 3.63) is 41.1 Å². The number of carbonyl (C=O) groups excluding carboxylic acids is 1. The molecule has 0 unspecified atom stereocenters. The SMILES string of the molecule is C[C@H](C(=O)N1CCCCC[C@H]1/C=C/c1cccs1)n1cncn1. The highest BCUT2D eigenvalue weighted by atomic mass is 32.1. The molecule has 1 saturated heterocycles. The molecule has 122 valence electrons. The standard InChI is InChI=1S/C17H22N4OS/c1-14(21-13-18-12-19-21)17(22)20-10-4-2-3-6-15(20)8-9-16-7-5-11-23-16/h5,7-9,11-15H,2-4,6,10H2,1H3/b9-8+/t14-,15+/m1/s1. The summed E-state index contributed by atoms with van der Waals surface area (Å²) in [5.41, 5.74) is 0. The van der Waals surface area contributed by atoms with E-state index in [-0.39, 0.29) is 18.0 Å². The van der Waals surface area contributed by atoms with Crippen LogP contribution in [-0.2, 0) is 4.79 Å². The molecule has 23 heavy (non-hydrogen) atoms. The number of thiophene rings is 1. The largest absolute Gasteiger partial charge is 0.334 e. The third-order valence-electron chi connectivity index (χ3n) is 4.30. The first-order valence-electron chi connectivity index (χ1n) is 8.12. The number of rotatable bonds is 4. The van der Waals surface area contributed by atoms with Crippen molar-refractivity contribution in [3.63, 3.8) is 0 Å². The fourth-order valence-corrected chi connectivity index (χ4v) is 3.60. The zero-order valence-corrected chi connectivity index (χ0v) is 14.2. The lowest BCUT2D eigenvalue weighted by Crippen LogP contribution is -2.42. The summed E-state index contributed by atoms with van der Waals surface area (Å²) in [7, 11) is 0. The van der Waals surface area contributed by atoms with Crippen molar-refractivity contribution >= 4 is 23.3 Å². The van der Waals surface area contributed by atoms with Crippen LogP contribution in [0.5, 0.6) is 0 Å². The molecule has 3 heterocycles. The van der Waals surface area contributed by atoms with Crippen molar-refractivity contribution in [2.24, 2.45) is 0 Å². The molecule has 3 rings (SSSR count). The van der Waals surface area contributed by atoms with Gasteiger partial charge in [-0.2, -0.15) is 5.10 Å². The molecule has 2 aromatic rings. The first-order chi connectivity index (χ1) is 11.3. The van der Waals surface area contributed by atoms with Crippen LogP contribution in [0, 0.1) is 0 Å². The van der Waals surface area contributed by atoms with Crippen LogP contribution in [0.25, 0.3) is 6.08 Å². The Morgan fingerprint density at radius 2 is 2.35 bits per heavy atom. The number of hydrogen-bond acceptors (Lipinski definition) is 4. The molecule has 0 saturated carbocycles. The lowest BCUT2D eigenvalue weighted by Gasteiger charge is -2.30. The van der Waals surface area contributed by atoms with Crippen molar-refractivity contribution in [3.8, 4) is 0 Å². The van der Waals surface area contributed by atoms with Gasteiger partial charge in [-0.25, -0.2) is 9.67 Å². The molecule has 1 aliphatic rings. The quantitative estimate of drug-likeness (QED) is 0.863. The second-order valence-corrected chi connectivity index (χ2v) is 6.85. The molecule has 1 fully saturated rings. The zero-order chi connectivity index (χ0) is 16.1. The maximum Gasteiger partial charge on any atom is 0.247 e. The van der Waals surface area contributed by atoms with Gasteiger partial charge in [-0.3, -0.25) is 4.79 Å². The summed E-state index contributed by atoms with van der Waals surface area (Å²) in [5, 5.41) is 6.18. The summed E-state index contributed by atoms with van der Waals surface area (Å²) in [6, 6.07) is 4.00. The average molecular weight is 330 g/mol. The average Bonchev–Trinajstić information content (AvgIpc) is 3.22. The maximum atomic E-state index is 12.9. The molecule has 0 aliphatic carbocycles. The minimum atomic E-state index is -0.312. The molecule has 2 atom stereocenters. The van der Waals surface area contributed by atoms with Crippen LogP contribution in [0.4, 0.5) is 0 Å². The highest BCUT2D eigenvalue weighted by Gasteiger charge is 2.28. The zero-order valence-electron chi connectivity index (χ0n) is 13.3. The van der Waals surface area contributed by atoms with Gasteiger partial charge >= 0.3 is 0 Å². The van der Waals surface area contributed by atoms with Crippen molar-refractivity contribution in [1.29, 1.82) is 0 Å². The van der Waals surface area contributed by atoms with Gasteiger partial charge in [0.25, 0.3) is 0 Å². The molecule has 1 aliphatic heterocycles. The topological polar surface area (TPSA) is 51.0 Å². The molecule has 2 aromatic heterocycles. The van der Waals surface area contributed by atoms with Crippen LogP contribution in [0.1, 0.15) is 43.5 Å². The van der Waals surface area contributed by atoms with Gasteiger partial charge in [0.1, 0.15) is 18.7 Å². The predicted molar refractivity (Wildman–Crippen MR) is 92.1 cm³/mol. The highest BCUT2D eigenvalue weighted by Crippen LogP contribution is 2.22. The Kier molecular flexibility index (Phi) is 5.23. The molecule has 0 N–H and O–H groups in total. The fraction of sp³-hybridized carbons (Fsp3) is 0.471. The molecule has 0 bridgehead atoms. The molecule has 0 spiro atoms. The molecule has 1 amide bonds. The normalized spacial score (nSPS) is 20.6. The van der Waals surface area contributed by atoms with Gasteiger partial charge < -0.3 is 4.90 Å². The maximum absolute atomic E-state index is 12.9. The van der Waals surface area contributed by atoms with Gasteiger partial charge in [-0.15, -0.1) is 11.3 Å². The van der Waals surface area contributed by atoms with Crippen molar-refractivity contribution in [1.82, 2.24) is 19.7 Å². The van der Waals surface area contributed by atoms with Gasteiger partial charge in [0.05, 0.1) is 6.04 Å². The second kappa shape index (κ2) is 7.55. The Morgan fingerprint density at radius 1 is 1.43 bits per heavy atom. The predicted octanol–water partition coefficient (Wildman–Crippen LogP) is 3.39. The summed E-state index contributed by atoms with van der Waals surface area (Å²) in [6.07, 6.45) is 11.9. The van der Waals surface area contributed by atoms with E-state index in [4.69, 9.17) is 0 Å². The fourth-order valence-electron chi connectivity index (χ4n) is 2.97. The highest BCUT2D eigenvalue weighted by molar-refractivity contribution is 7.10. The van der Waals surface area contributed by atoms with Gasteiger partial charge in [0.2, 0.25) is 5.91 Å². The van der Waals surface area contributed by atoms with E-state index in [1.165, 1.54) is 24.0 Å². The number of nitrogens with zero attached hydrogens (tertiary/aromatic N) is 4. The van der Waals surface area contributed by atoms with Crippen LogP contribution in [0.2, 0.25) is 0 Å². The van der Waals surface area contributed by atoms with Crippen molar-refractivity contribution < 1.29 is 4.79 Å². The first-order valence-corrected chi connectivity index (χ1v) is 9.00. The minimum Gasteiger partial charge on any atom is -0.334 e. The number of amides is 1. The summed E-state index contributed by atoms with van der Waals surface area (Å²) in [5.74, 6) is 0.123. The summed E-state index contributed by atoms with van der Waals surface area (Å²) < 4.78 is 1.63. The van der Waals surface area contributed by atoms with E-state index < -0.39 is 0 Å². The van der Waals surface area contributed by atoms with Crippen molar-refractivity contribution in [2.75, 3.05) is 6.54 Å². The van der Waals surface area contributed by atoms with E-state index in [0.717, 1.165) is 19.4 Å². The first kappa shape index (κ1) is 15.9. The van der Waals surface area contributed by atoms with E-state index >= 15 is 0 Å². The van der Waals surface area contributed by atoms with Crippen LogP contribution in [-0.4, -0.2) is 38.2 Å². The lowest BCUT2D eigenvalue weighted by atomic mass is 10.1. The third kappa shape index (κ3) is 3.88. The summed E-state index contributed by atoms with van der Waals surface area (Å²) >= 11 is 1.72. The third-order valence-corrected chi connectivity index (χ3v) is 5.14. The Bertz CT molecular complexity index is 636. The van der Waals surface area contributed by atoms with E-state index in [1.54, 1.807) is 22.3 Å². The molecule has 0 radical (unpaired) electrons. The smallest absolute Gasteiger partial charge is 0.247 e. The van der Waals surface area contributed by atoms with Gasteiger partial charge in [-0.05, 0) is 37.3 Å². The van der Waals surface area contributed by atoms with Gasteiger partial charge in [-0.1, -0.05) is 25.0 Å². The molecular formula is C17H22N4OS. The van der Waals surface area contributed by atoms with Gasteiger partial charge in [0.15, 0.2) is 0 Å². The van der Waals surface area contributed by atoms with E-state index in [1.807, 2.05) is 17.9 Å². The Balaban J connectivity index is 1.76. The van der Waals surface area contributed by atoms with Crippen LogP contribution in [0.3, 0.4) is 0 Å². The van der Waals surface area contributed by atoms with Gasteiger partial charge in [0, 0.05) is 11.4 Å². The Morgan fingerprint density at radius 3 is 3.09 bits per heavy atom. The number of carbonyl (C=O) groups is 1. The summed E-state index contributed by atoms with van der Waals surface area (Å²) in [4.78, 5) is 20.1. The molecule has 5 nitrogen and oxygen atoms in total. The number of hydrogen-bond donors (Lipinski definition) is 0. The Labute approximate surface area is 140 Å². The molecule has 0 aromatic carbocycles. The lowest BCUT2D eigenvalue weighted by molar-refractivity contribution is -0.136. The minimum absolute atomic E-state index is 0.123. The monoisotopic (exact) mass is 330 g/mol. The second-order valence-electron chi connectivity index (χ2n) is 5.87. The van der Waals surface area contributed by atoms with Crippen molar-refractivity contribution in [2.45, 2.75) is 44.7 Å². The molecule has 6 heteroatoms. The van der Waals surface area contributed by atoms with E-state index in [9.17, 15) is 4.79 Å². The van der Waals surface area contributed by atoms with Crippen LogP contribution >= 0.6 is 11.3 Å². The molecular weight excluding hydrogens is 308 g/mol. The number of likely N-dealkylation sites (tertiary alicyclic amines) is 1. The number of aromatic nitrogens is 3. The van der Waals surface area contributed by atoms with Crippen LogP contribution < -0.4 is 0 Å². The van der Waals surface area contributed by atoms with E-state index in [2.05, 4.69) is 33.7 Å². The van der Waals surface area contributed by atoms with E-state index in [0.29, 0.717) is 0 Å².